The summed E-state index contributed by atoms with van der Waals surface area (Å²) < 4.78 is 30.8. The summed E-state index contributed by atoms with van der Waals surface area (Å²) in [4.78, 5) is 29.9. The van der Waals surface area contributed by atoms with Crippen LogP contribution in [0.2, 0.25) is 0 Å². The summed E-state index contributed by atoms with van der Waals surface area (Å²) in [5.74, 6) is 0. The number of pyridine rings is 1. The molecule has 10 nitrogen and oxygen atoms in total. The van der Waals surface area contributed by atoms with Crippen LogP contribution in [0.25, 0.3) is 0 Å². The lowest BCUT2D eigenvalue weighted by Crippen LogP contribution is -2.47. The minimum atomic E-state index is -4.36. The summed E-state index contributed by atoms with van der Waals surface area (Å²) in [6.07, 6.45) is 2.40. The largest absolute Gasteiger partial charge is 0.425 e. The lowest BCUT2D eigenvalue weighted by molar-refractivity contribution is 0.148. The minimum Gasteiger partial charge on any atom is -0.334 e. The van der Waals surface area contributed by atoms with Crippen molar-refractivity contribution in [3.05, 3.63) is 53.9 Å². The quantitative estimate of drug-likeness (QED) is 0.566. The number of benzene rings is 1. The second kappa shape index (κ2) is 10.2. The van der Waals surface area contributed by atoms with E-state index in [9.17, 15) is 18.0 Å². The average Bonchev–Trinajstić information content (AvgIpc) is 2.78. The molecular formula is C22H29N5O5S. The molecule has 2 heterocycles. The average molecular weight is 476 g/mol. The van der Waals surface area contributed by atoms with Gasteiger partial charge in [0.25, 0.3) is 0 Å². The van der Waals surface area contributed by atoms with E-state index in [2.05, 4.69) is 20.9 Å². The lowest BCUT2D eigenvalue weighted by atomic mass is 9.87. The molecule has 3 rings (SSSR count). The van der Waals surface area contributed by atoms with E-state index in [1.165, 1.54) is 17.0 Å². The molecule has 178 valence electrons. The third-order valence-corrected chi connectivity index (χ3v) is 6.30. The molecule has 0 aliphatic carbocycles. The fraction of sp³-hybridized carbons (Fsp3) is 0.409. The number of urea groups is 1. The summed E-state index contributed by atoms with van der Waals surface area (Å²) in [5, 5.41) is 8.52. The molecule has 0 unspecified atom stereocenters. The fourth-order valence-electron chi connectivity index (χ4n) is 3.31. The molecule has 1 aliphatic heterocycles. The number of anilines is 1. The van der Waals surface area contributed by atoms with Crippen molar-refractivity contribution < 1.29 is 22.2 Å². The van der Waals surface area contributed by atoms with E-state index in [1.807, 2.05) is 26.8 Å². The monoisotopic (exact) mass is 475 g/mol. The molecule has 1 aromatic carbocycles. The van der Waals surface area contributed by atoms with Crippen molar-refractivity contribution in [2.45, 2.75) is 37.6 Å². The lowest BCUT2D eigenvalue weighted by Gasteiger charge is -2.27. The fourth-order valence-corrected chi connectivity index (χ4v) is 4.56. The summed E-state index contributed by atoms with van der Waals surface area (Å²) in [6.45, 7) is 7.70. The van der Waals surface area contributed by atoms with Crippen molar-refractivity contribution in [1.82, 2.24) is 20.5 Å². The summed E-state index contributed by atoms with van der Waals surface area (Å²) in [6, 6.07) is 7.56. The van der Waals surface area contributed by atoms with Crippen LogP contribution in [-0.4, -0.2) is 56.6 Å². The Balaban J connectivity index is 1.75. The van der Waals surface area contributed by atoms with Gasteiger partial charge in [0.1, 0.15) is 4.90 Å². The van der Waals surface area contributed by atoms with E-state index >= 15 is 0 Å². The van der Waals surface area contributed by atoms with Gasteiger partial charge in [-0.2, -0.15) is 8.42 Å². The number of carbonyl (C=O) groups excluding carboxylic acids is 2. The number of nitrogens with zero attached hydrogens (tertiary/aromatic N) is 2. The molecule has 33 heavy (non-hydrogen) atoms. The summed E-state index contributed by atoms with van der Waals surface area (Å²) in [5.41, 5.74) is 1.07. The number of rotatable bonds is 5. The number of hydrogen-bond acceptors (Lipinski definition) is 7. The molecule has 0 saturated carbocycles. The standard InChI is InChI=1S/C22H29N5O5S/c1-22(2,3)18-13-17(26-20(28)25-15-16-5-4-8-24-14-16)6-7-19(18)33(30,31)32-21(29)27-11-9-23-10-12-27/h4-8,13-14,23H,9-12,15H2,1-3H3,(H2,25,26,28). The van der Waals surface area contributed by atoms with Gasteiger partial charge in [-0.25, -0.2) is 9.59 Å². The Morgan fingerprint density at radius 2 is 1.91 bits per heavy atom. The van der Waals surface area contributed by atoms with E-state index in [0.29, 0.717) is 44.0 Å². The third-order valence-electron chi connectivity index (χ3n) is 5.05. The highest BCUT2D eigenvalue weighted by Crippen LogP contribution is 2.32. The van der Waals surface area contributed by atoms with E-state index in [-0.39, 0.29) is 4.90 Å². The zero-order chi connectivity index (χ0) is 24.1. The molecule has 0 spiro atoms. The van der Waals surface area contributed by atoms with Gasteiger partial charge < -0.3 is 25.0 Å². The first-order valence-corrected chi connectivity index (χ1v) is 12.0. The topological polar surface area (TPSA) is 130 Å². The normalized spacial score (nSPS) is 14.5. The van der Waals surface area contributed by atoms with Crippen LogP contribution in [-0.2, 0) is 26.3 Å². The maximum Gasteiger partial charge on any atom is 0.425 e. The minimum absolute atomic E-state index is 0.111. The summed E-state index contributed by atoms with van der Waals surface area (Å²) in [7, 11) is -4.36. The van der Waals surface area contributed by atoms with Crippen molar-refractivity contribution in [2.24, 2.45) is 0 Å². The van der Waals surface area contributed by atoms with Crippen molar-refractivity contribution in [3.8, 4) is 0 Å². The molecule has 1 aliphatic rings. The van der Waals surface area contributed by atoms with E-state index < -0.39 is 27.7 Å². The first-order valence-electron chi connectivity index (χ1n) is 10.6. The van der Waals surface area contributed by atoms with Gasteiger partial charge in [0.15, 0.2) is 0 Å². The maximum atomic E-state index is 13.0. The number of hydrogen-bond donors (Lipinski definition) is 3. The number of amides is 3. The highest BCUT2D eigenvalue weighted by molar-refractivity contribution is 7.87. The van der Waals surface area contributed by atoms with Gasteiger partial charge >= 0.3 is 22.2 Å². The zero-order valence-electron chi connectivity index (χ0n) is 18.9. The van der Waals surface area contributed by atoms with Crippen LogP contribution in [0.4, 0.5) is 15.3 Å². The van der Waals surface area contributed by atoms with Crippen LogP contribution in [0.1, 0.15) is 31.9 Å². The van der Waals surface area contributed by atoms with Gasteiger partial charge in [-0.05, 0) is 40.8 Å². The van der Waals surface area contributed by atoms with Crippen LogP contribution < -0.4 is 16.0 Å². The molecule has 2 aromatic rings. The van der Waals surface area contributed by atoms with Crippen molar-refractivity contribution >= 4 is 27.9 Å². The van der Waals surface area contributed by atoms with Gasteiger partial charge in [0.2, 0.25) is 0 Å². The number of nitrogens with one attached hydrogen (secondary N) is 3. The molecule has 1 aromatic heterocycles. The van der Waals surface area contributed by atoms with E-state index in [4.69, 9.17) is 4.18 Å². The van der Waals surface area contributed by atoms with Crippen molar-refractivity contribution in [2.75, 3.05) is 31.5 Å². The first kappa shape index (κ1) is 24.5. The molecule has 1 fully saturated rings. The van der Waals surface area contributed by atoms with Gasteiger partial charge in [-0.3, -0.25) is 4.98 Å². The molecule has 3 N–H and O–H groups in total. The Bertz CT molecular complexity index is 1090. The van der Waals surface area contributed by atoms with Gasteiger partial charge in [0.05, 0.1) is 0 Å². The van der Waals surface area contributed by atoms with Crippen LogP contribution in [0.5, 0.6) is 0 Å². The highest BCUT2D eigenvalue weighted by atomic mass is 32.2. The first-order chi connectivity index (χ1) is 15.6. The Hall–Kier alpha value is -3.18. The van der Waals surface area contributed by atoms with Gasteiger partial charge in [0, 0.05) is 50.8 Å². The van der Waals surface area contributed by atoms with E-state index in [0.717, 1.165) is 5.56 Å². The Morgan fingerprint density at radius 1 is 1.18 bits per heavy atom. The van der Waals surface area contributed by atoms with Crippen molar-refractivity contribution in [1.29, 1.82) is 0 Å². The predicted molar refractivity (Wildman–Crippen MR) is 123 cm³/mol. The van der Waals surface area contributed by atoms with Crippen LogP contribution >= 0.6 is 0 Å². The van der Waals surface area contributed by atoms with E-state index in [1.54, 1.807) is 24.5 Å². The molecule has 1 saturated heterocycles. The third kappa shape index (κ3) is 6.65. The van der Waals surface area contributed by atoms with Crippen molar-refractivity contribution in [3.63, 3.8) is 0 Å². The van der Waals surface area contributed by atoms with Crippen LogP contribution in [0, 0.1) is 0 Å². The second-order valence-corrected chi connectivity index (χ2v) is 10.2. The van der Waals surface area contributed by atoms with Crippen LogP contribution in [0.15, 0.2) is 47.6 Å². The molecule has 0 radical (unpaired) electrons. The van der Waals surface area contributed by atoms with Gasteiger partial charge in [-0.15, -0.1) is 0 Å². The Morgan fingerprint density at radius 3 is 2.55 bits per heavy atom. The number of carbonyl (C=O) groups is 2. The summed E-state index contributed by atoms with van der Waals surface area (Å²) >= 11 is 0. The number of piperazine rings is 1. The highest BCUT2D eigenvalue weighted by Gasteiger charge is 2.31. The zero-order valence-corrected chi connectivity index (χ0v) is 19.7. The molecule has 0 bridgehead atoms. The Labute approximate surface area is 193 Å². The molecule has 3 amide bonds. The maximum absolute atomic E-state index is 13.0. The number of aromatic nitrogens is 1. The molecule has 0 atom stereocenters. The smallest absolute Gasteiger partial charge is 0.334 e. The molecular weight excluding hydrogens is 446 g/mol. The van der Waals surface area contributed by atoms with Crippen LogP contribution in [0.3, 0.4) is 0 Å². The second-order valence-electron chi connectivity index (χ2n) is 8.67. The Kier molecular flexibility index (Phi) is 7.54. The molecule has 11 heteroatoms. The SMILES string of the molecule is CC(C)(C)c1cc(NC(=O)NCc2cccnc2)ccc1S(=O)(=O)OC(=O)N1CCNCC1. The van der Waals surface area contributed by atoms with Gasteiger partial charge in [-0.1, -0.05) is 26.8 Å². The predicted octanol–water partition coefficient (Wildman–Crippen LogP) is 2.43.